The van der Waals surface area contributed by atoms with Crippen molar-refractivity contribution in [2.24, 2.45) is 17.7 Å². The van der Waals surface area contributed by atoms with E-state index in [0.29, 0.717) is 5.76 Å². The molecule has 1 aliphatic heterocycles. The van der Waals surface area contributed by atoms with Crippen LogP contribution in [0, 0.1) is 11.8 Å². The van der Waals surface area contributed by atoms with Crippen molar-refractivity contribution in [2.45, 2.75) is 39.7 Å². The van der Waals surface area contributed by atoms with Crippen molar-refractivity contribution >= 4 is 5.91 Å². The lowest BCUT2D eigenvalue weighted by Crippen LogP contribution is -2.31. The Kier molecular flexibility index (Phi) is 5.20. The molecule has 0 aliphatic carbocycles. The van der Waals surface area contributed by atoms with E-state index in [-0.39, 0.29) is 5.91 Å². The van der Waals surface area contributed by atoms with Gasteiger partial charge in [-0.05, 0) is 50.3 Å². The van der Waals surface area contributed by atoms with E-state index in [1.165, 1.54) is 19.3 Å². The molecule has 1 fully saturated rings. The zero-order valence-corrected chi connectivity index (χ0v) is 12.4. The summed E-state index contributed by atoms with van der Waals surface area (Å²) in [5.74, 6) is 6.71. The molecule has 1 atom stereocenters. The van der Waals surface area contributed by atoms with Crippen molar-refractivity contribution in [3.63, 3.8) is 0 Å². The number of rotatable bonds is 4. The third kappa shape index (κ3) is 3.61. The molecule has 112 valence electrons. The zero-order valence-electron chi connectivity index (χ0n) is 12.4. The molecule has 0 bridgehead atoms. The molecule has 1 aliphatic rings. The number of furan rings is 1. The second-order valence-electron chi connectivity index (χ2n) is 5.96. The van der Waals surface area contributed by atoms with Gasteiger partial charge in [0.2, 0.25) is 0 Å². The fraction of sp³-hybridized carbons (Fsp3) is 0.667. The fourth-order valence-electron chi connectivity index (χ4n) is 2.97. The Labute approximate surface area is 120 Å². The van der Waals surface area contributed by atoms with Gasteiger partial charge in [-0.25, -0.2) is 5.84 Å². The van der Waals surface area contributed by atoms with Crippen LogP contribution in [-0.4, -0.2) is 23.9 Å². The van der Waals surface area contributed by atoms with Crippen LogP contribution < -0.4 is 11.3 Å². The second-order valence-corrected chi connectivity index (χ2v) is 5.96. The number of hydrogen-bond acceptors (Lipinski definition) is 4. The predicted octanol–water partition coefficient (Wildman–Crippen LogP) is 2.14. The summed E-state index contributed by atoms with van der Waals surface area (Å²) in [6.07, 6.45) is 5.30. The highest BCUT2D eigenvalue weighted by molar-refractivity contribution is 5.92. The van der Waals surface area contributed by atoms with E-state index in [0.717, 1.165) is 37.0 Å². The minimum Gasteiger partial charge on any atom is -0.459 e. The molecule has 0 aromatic carbocycles. The number of hydrazine groups is 1. The molecule has 5 heteroatoms. The molecule has 1 aromatic heterocycles. The van der Waals surface area contributed by atoms with Crippen LogP contribution in [0.4, 0.5) is 0 Å². The molecule has 0 spiro atoms. The Hall–Kier alpha value is -1.33. The second kappa shape index (κ2) is 6.90. The number of hydrogen-bond donors (Lipinski definition) is 2. The van der Waals surface area contributed by atoms with Gasteiger partial charge in [-0.1, -0.05) is 13.8 Å². The molecule has 0 saturated carbocycles. The van der Waals surface area contributed by atoms with Gasteiger partial charge >= 0.3 is 5.91 Å². The summed E-state index contributed by atoms with van der Waals surface area (Å²) in [5.41, 5.74) is 3.04. The summed E-state index contributed by atoms with van der Waals surface area (Å²) in [6, 6.07) is 1.86. The minimum absolute atomic E-state index is 0.331. The number of nitrogens with zero attached hydrogens (tertiary/aromatic N) is 1. The van der Waals surface area contributed by atoms with Crippen molar-refractivity contribution in [1.29, 1.82) is 0 Å². The quantitative estimate of drug-likeness (QED) is 0.503. The Bertz CT molecular complexity index is 442. The maximum absolute atomic E-state index is 11.6. The van der Waals surface area contributed by atoms with Gasteiger partial charge in [0.05, 0.1) is 6.26 Å². The molecule has 1 amide bonds. The molecule has 20 heavy (non-hydrogen) atoms. The van der Waals surface area contributed by atoms with E-state index in [4.69, 9.17) is 10.3 Å². The van der Waals surface area contributed by atoms with Crippen LogP contribution >= 0.6 is 0 Å². The lowest BCUT2D eigenvalue weighted by molar-refractivity contribution is 0.0923. The van der Waals surface area contributed by atoms with E-state index >= 15 is 0 Å². The number of likely N-dealkylation sites (tertiary alicyclic amines) is 1. The van der Waals surface area contributed by atoms with Gasteiger partial charge in [0.25, 0.3) is 0 Å². The average molecular weight is 279 g/mol. The van der Waals surface area contributed by atoms with E-state index in [9.17, 15) is 4.79 Å². The van der Waals surface area contributed by atoms with E-state index in [1.807, 2.05) is 6.07 Å². The number of carbonyl (C=O) groups excluding carboxylic acids is 1. The van der Waals surface area contributed by atoms with Crippen LogP contribution in [0.2, 0.25) is 0 Å². The van der Waals surface area contributed by atoms with E-state index in [1.54, 1.807) is 6.26 Å². The first-order valence-electron chi connectivity index (χ1n) is 7.41. The van der Waals surface area contributed by atoms with Crippen molar-refractivity contribution in [1.82, 2.24) is 10.3 Å². The normalized spacial score (nSPS) is 20.9. The van der Waals surface area contributed by atoms with Crippen LogP contribution in [0.5, 0.6) is 0 Å². The first kappa shape index (κ1) is 15.1. The van der Waals surface area contributed by atoms with Crippen molar-refractivity contribution in [3.8, 4) is 0 Å². The van der Waals surface area contributed by atoms with Gasteiger partial charge in [0.1, 0.15) is 0 Å². The number of carbonyl (C=O) groups is 1. The zero-order chi connectivity index (χ0) is 14.5. The third-order valence-electron chi connectivity index (χ3n) is 4.29. The predicted molar refractivity (Wildman–Crippen MR) is 77.8 cm³/mol. The molecule has 5 nitrogen and oxygen atoms in total. The van der Waals surface area contributed by atoms with Crippen LogP contribution in [0.25, 0.3) is 0 Å². The lowest BCUT2D eigenvalue weighted by atomic mass is 9.89. The summed E-state index contributed by atoms with van der Waals surface area (Å²) in [4.78, 5) is 14.0. The monoisotopic (exact) mass is 279 g/mol. The Morgan fingerprint density at radius 3 is 3.00 bits per heavy atom. The first-order chi connectivity index (χ1) is 9.61. The van der Waals surface area contributed by atoms with Gasteiger partial charge in [-0.3, -0.25) is 15.1 Å². The molecule has 1 unspecified atom stereocenters. The Morgan fingerprint density at radius 2 is 2.30 bits per heavy atom. The summed E-state index contributed by atoms with van der Waals surface area (Å²) in [6.45, 7) is 7.53. The molecule has 3 N–H and O–H groups in total. The molecular weight excluding hydrogens is 254 g/mol. The van der Waals surface area contributed by atoms with Gasteiger partial charge < -0.3 is 4.42 Å². The van der Waals surface area contributed by atoms with Gasteiger partial charge in [-0.2, -0.15) is 0 Å². The van der Waals surface area contributed by atoms with Gasteiger partial charge in [0.15, 0.2) is 5.76 Å². The standard InChI is InChI=1S/C15H25N3O2/c1-11(2)12-4-3-7-18(8-5-12)10-13-6-9-20-14(13)15(19)17-16/h6,9,11-12H,3-5,7-8,10,16H2,1-2H3,(H,17,19). The summed E-state index contributed by atoms with van der Waals surface area (Å²) >= 11 is 0. The maximum Gasteiger partial charge on any atom is 0.301 e. The van der Waals surface area contributed by atoms with Gasteiger partial charge in [-0.15, -0.1) is 0 Å². The topological polar surface area (TPSA) is 71.5 Å². The molecule has 2 heterocycles. The van der Waals surface area contributed by atoms with Crippen molar-refractivity contribution in [2.75, 3.05) is 13.1 Å². The largest absolute Gasteiger partial charge is 0.459 e. The fourth-order valence-corrected chi connectivity index (χ4v) is 2.97. The number of nitrogens with one attached hydrogen (secondary N) is 1. The molecule has 0 radical (unpaired) electrons. The highest BCUT2D eigenvalue weighted by Gasteiger charge is 2.21. The Balaban J connectivity index is 1.97. The average Bonchev–Trinajstić information content (AvgIpc) is 2.75. The van der Waals surface area contributed by atoms with Crippen molar-refractivity contribution in [3.05, 3.63) is 23.7 Å². The highest BCUT2D eigenvalue weighted by atomic mass is 16.3. The highest BCUT2D eigenvalue weighted by Crippen LogP contribution is 2.25. The van der Waals surface area contributed by atoms with Crippen LogP contribution in [0.1, 0.15) is 49.2 Å². The molecular formula is C15H25N3O2. The molecule has 1 aromatic rings. The van der Waals surface area contributed by atoms with E-state index < -0.39 is 0 Å². The maximum atomic E-state index is 11.6. The first-order valence-corrected chi connectivity index (χ1v) is 7.41. The number of nitrogen functional groups attached to an aromatic ring is 1. The SMILES string of the molecule is CC(C)C1CCCN(Cc2ccoc2C(=O)NN)CC1. The summed E-state index contributed by atoms with van der Waals surface area (Å²) < 4.78 is 5.23. The third-order valence-corrected chi connectivity index (χ3v) is 4.29. The summed E-state index contributed by atoms with van der Waals surface area (Å²) in [5, 5.41) is 0. The molecule has 1 saturated heterocycles. The van der Waals surface area contributed by atoms with Gasteiger partial charge in [0, 0.05) is 12.1 Å². The van der Waals surface area contributed by atoms with Crippen LogP contribution in [0.3, 0.4) is 0 Å². The molecule has 2 rings (SSSR count). The summed E-state index contributed by atoms with van der Waals surface area (Å²) in [7, 11) is 0. The van der Waals surface area contributed by atoms with E-state index in [2.05, 4.69) is 24.2 Å². The van der Waals surface area contributed by atoms with Crippen LogP contribution in [-0.2, 0) is 6.54 Å². The Morgan fingerprint density at radius 1 is 1.50 bits per heavy atom. The van der Waals surface area contributed by atoms with Crippen molar-refractivity contribution < 1.29 is 9.21 Å². The number of amides is 1. The number of nitrogens with two attached hydrogens (primary N) is 1. The lowest BCUT2D eigenvalue weighted by Gasteiger charge is -2.21. The minimum atomic E-state index is -0.361. The van der Waals surface area contributed by atoms with Crippen LogP contribution in [0.15, 0.2) is 16.7 Å². The smallest absolute Gasteiger partial charge is 0.301 e.